The summed E-state index contributed by atoms with van der Waals surface area (Å²) in [5.41, 5.74) is 7.34. The number of halogens is 1. The van der Waals surface area contributed by atoms with Crippen LogP contribution in [0.15, 0.2) is 35.7 Å². The average Bonchev–Trinajstić information content (AvgIpc) is 2.76. The molecule has 0 fully saturated rings. The molecular weight excluding hydrogens is 242 g/mol. The molecule has 0 saturated heterocycles. The molecule has 16 heavy (non-hydrogen) atoms. The molecule has 0 aliphatic heterocycles. The molecule has 2 N–H and O–H groups in total. The molecular formula is C12H12ClNOS. The molecule has 1 aromatic heterocycles. The third-order valence-corrected chi connectivity index (χ3v) is 3.35. The molecule has 1 heterocycles. The van der Waals surface area contributed by atoms with E-state index in [2.05, 4.69) is 6.07 Å². The number of anilines is 1. The fourth-order valence-electron chi connectivity index (χ4n) is 1.35. The third-order valence-electron chi connectivity index (χ3n) is 2.15. The lowest BCUT2D eigenvalue weighted by atomic mass is 10.2. The Bertz CT molecular complexity index is 456. The molecule has 0 aliphatic carbocycles. The molecule has 0 radical (unpaired) electrons. The molecule has 4 heteroatoms. The van der Waals surface area contributed by atoms with E-state index in [1.807, 2.05) is 23.6 Å². The zero-order valence-electron chi connectivity index (χ0n) is 8.65. The van der Waals surface area contributed by atoms with Crippen LogP contribution in [0.2, 0.25) is 5.02 Å². The molecule has 0 spiro atoms. The number of nitrogens with two attached hydrogens (primary N) is 1. The molecule has 0 saturated carbocycles. The highest BCUT2D eigenvalue weighted by Gasteiger charge is 1.99. The summed E-state index contributed by atoms with van der Waals surface area (Å²) in [6, 6.07) is 9.63. The maximum absolute atomic E-state index is 5.83. The first-order chi connectivity index (χ1) is 7.75. The van der Waals surface area contributed by atoms with Crippen LogP contribution in [0.25, 0.3) is 0 Å². The van der Waals surface area contributed by atoms with Gasteiger partial charge in [0.05, 0.1) is 23.9 Å². The summed E-state index contributed by atoms with van der Waals surface area (Å²) in [6.45, 7) is 1.19. The summed E-state index contributed by atoms with van der Waals surface area (Å²) < 4.78 is 5.57. The lowest BCUT2D eigenvalue weighted by Crippen LogP contribution is -1.94. The van der Waals surface area contributed by atoms with Crippen LogP contribution in [0, 0.1) is 0 Å². The van der Waals surface area contributed by atoms with Crippen molar-refractivity contribution in [3.63, 3.8) is 0 Å². The van der Waals surface area contributed by atoms with E-state index in [1.54, 1.807) is 17.4 Å². The predicted octanol–water partition coefficient (Wildman–Crippen LogP) is 3.70. The number of thiophene rings is 1. The number of hydrogen-bond donors (Lipinski definition) is 1. The zero-order valence-corrected chi connectivity index (χ0v) is 10.2. The van der Waals surface area contributed by atoms with Crippen LogP contribution >= 0.6 is 22.9 Å². The standard InChI is InChI=1S/C12H12ClNOS/c13-11-4-3-9(6-12(11)14)7-15-8-10-2-1-5-16-10/h1-6H,7-8,14H2. The highest BCUT2D eigenvalue weighted by atomic mass is 35.5. The van der Waals surface area contributed by atoms with Gasteiger partial charge in [0.15, 0.2) is 0 Å². The molecule has 0 atom stereocenters. The van der Waals surface area contributed by atoms with Crippen molar-refractivity contribution in [3.05, 3.63) is 51.2 Å². The van der Waals surface area contributed by atoms with Crippen LogP contribution in [-0.2, 0) is 18.0 Å². The van der Waals surface area contributed by atoms with E-state index in [1.165, 1.54) is 4.88 Å². The Morgan fingerprint density at radius 3 is 2.81 bits per heavy atom. The van der Waals surface area contributed by atoms with E-state index in [-0.39, 0.29) is 0 Å². The van der Waals surface area contributed by atoms with Crippen molar-refractivity contribution in [1.82, 2.24) is 0 Å². The zero-order chi connectivity index (χ0) is 11.4. The number of rotatable bonds is 4. The summed E-state index contributed by atoms with van der Waals surface area (Å²) >= 11 is 7.52. The summed E-state index contributed by atoms with van der Waals surface area (Å²) in [4.78, 5) is 1.22. The van der Waals surface area contributed by atoms with E-state index in [9.17, 15) is 0 Å². The van der Waals surface area contributed by atoms with Crippen molar-refractivity contribution in [2.45, 2.75) is 13.2 Å². The lowest BCUT2D eigenvalue weighted by molar-refractivity contribution is 0.109. The van der Waals surface area contributed by atoms with Gasteiger partial charge in [0.1, 0.15) is 0 Å². The molecule has 2 nitrogen and oxygen atoms in total. The Hall–Kier alpha value is -1.03. The number of hydrogen-bond acceptors (Lipinski definition) is 3. The second-order valence-corrected chi connectivity index (χ2v) is 4.87. The van der Waals surface area contributed by atoms with Crippen molar-refractivity contribution in [1.29, 1.82) is 0 Å². The molecule has 2 rings (SSSR count). The van der Waals surface area contributed by atoms with Gasteiger partial charge < -0.3 is 10.5 Å². The Kier molecular flexibility index (Phi) is 3.83. The quantitative estimate of drug-likeness (QED) is 0.844. The minimum atomic E-state index is 0.555. The maximum atomic E-state index is 5.83. The number of nitrogen functional groups attached to an aromatic ring is 1. The van der Waals surface area contributed by atoms with Gasteiger partial charge in [-0.1, -0.05) is 23.7 Å². The molecule has 0 aliphatic rings. The summed E-state index contributed by atoms with van der Waals surface area (Å²) in [5, 5.41) is 2.63. The van der Waals surface area contributed by atoms with E-state index in [0.29, 0.717) is 23.9 Å². The van der Waals surface area contributed by atoms with Crippen LogP contribution < -0.4 is 5.73 Å². The van der Waals surface area contributed by atoms with Gasteiger partial charge in [-0.05, 0) is 29.1 Å². The Labute approximate surface area is 104 Å². The van der Waals surface area contributed by atoms with Crippen molar-refractivity contribution >= 4 is 28.6 Å². The lowest BCUT2D eigenvalue weighted by Gasteiger charge is -2.05. The van der Waals surface area contributed by atoms with E-state index in [4.69, 9.17) is 22.1 Å². The van der Waals surface area contributed by atoms with Crippen molar-refractivity contribution in [3.8, 4) is 0 Å². The minimum absolute atomic E-state index is 0.555. The Balaban J connectivity index is 1.87. The van der Waals surface area contributed by atoms with Gasteiger partial charge in [-0.25, -0.2) is 0 Å². The average molecular weight is 254 g/mol. The molecule has 84 valence electrons. The van der Waals surface area contributed by atoms with Gasteiger partial charge in [-0.3, -0.25) is 0 Å². The fourth-order valence-corrected chi connectivity index (χ4v) is 2.11. The van der Waals surface area contributed by atoms with Gasteiger partial charge in [0.25, 0.3) is 0 Å². The highest BCUT2D eigenvalue weighted by Crippen LogP contribution is 2.20. The Morgan fingerprint density at radius 1 is 1.25 bits per heavy atom. The van der Waals surface area contributed by atoms with Gasteiger partial charge in [-0.15, -0.1) is 11.3 Å². The minimum Gasteiger partial charge on any atom is -0.398 e. The van der Waals surface area contributed by atoms with Gasteiger partial charge in [0, 0.05) is 4.88 Å². The fraction of sp³-hybridized carbons (Fsp3) is 0.167. The predicted molar refractivity (Wildman–Crippen MR) is 68.7 cm³/mol. The first kappa shape index (κ1) is 11.5. The maximum Gasteiger partial charge on any atom is 0.0813 e. The molecule has 0 bridgehead atoms. The summed E-state index contributed by atoms with van der Waals surface area (Å²) in [5.74, 6) is 0. The normalized spacial score (nSPS) is 10.6. The second-order valence-electron chi connectivity index (χ2n) is 3.43. The van der Waals surface area contributed by atoms with Crippen LogP contribution in [0.5, 0.6) is 0 Å². The smallest absolute Gasteiger partial charge is 0.0813 e. The molecule has 0 unspecified atom stereocenters. The van der Waals surface area contributed by atoms with Crippen molar-refractivity contribution < 1.29 is 4.74 Å². The third kappa shape index (κ3) is 2.98. The van der Waals surface area contributed by atoms with Crippen molar-refractivity contribution in [2.24, 2.45) is 0 Å². The summed E-state index contributed by atoms with van der Waals surface area (Å²) in [6.07, 6.45) is 0. The van der Waals surface area contributed by atoms with Crippen molar-refractivity contribution in [2.75, 3.05) is 5.73 Å². The first-order valence-electron chi connectivity index (χ1n) is 4.90. The molecule has 2 aromatic rings. The van der Waals surface area contributed by atoms with Crippen LogP contribution in [0.4, 0.5) is 5.69 Å². The number of benzene rings is 1. The van der Waals surface area contributed by atoms with Gasteiger partial charge in [-0.2, -0.15) is 0 Å². The van der Waals surface area contributed by atoms with E-state index in [0.717, 1.165) is 5.56 Å². The van der Waals surface area contributed by atoms with Crippen LogP contribution in [0.1, 0.15) is 10.4 Å². The van der Waals surface area contributed by atoms with Crippen LogP contribution in [-0.4, -0.2) is 0 Å². The monoisotopic (exact) mass is 253 g/mol. The van der Waals surface area contributed by atoms with E-state index < -0.39 is 0 Å². The first-order valence-corrected chi connectivity index (χ1v) is 6.15. The SMILES string of the molecule is Nc1cc(COCc2cccs2)ccc1Cl. The van der Waals surface area contributed by atoms with E-state index >= 15 is 0 Å². The second kappa shape index (κ2) is 5.34. The summed E-state index contributed by atoms with van der Waals surface area (Å²) in [7, 11) is 0. The largest absolute Gasteiger partial charge is 0.398 e. The Morgan fingerprint density at radius 2 is 2.12 bits per heavy atom. The molecule has 1 aromatic carbocycles. The van der Waals surface area contributed by atoms with Gasteiger partial charge >= 0.3 is 0 Å². The topological polar surface area (TPSA) is 35.2 Å². The van der Waals surface area contributed by atoms with Crippen LogP contribution in [0.3, 0.4) is 0 Å². The number of ether oxygens (including phenoxy) is 1. The highest BCUT2D eigenvalue weighted by molar-refractivity contribution is 7.09. The van der Waals surface area contributed by atoms with Gasteiger partial charge in [0.2, 0.25) is 0 Å². The molecule has 0 amide bonds.